The van der Waals surface area contributed by atoms with Crippen LogP contribution >= 0.6 is 0 Å². The summed E-state index contributed by atoms with van der Waals surface area (Å²) in [6.07, 6.45) is 4.21. The maximum absolute atomic E-state index is 12.3. The first-order valence-electron chi connectivity index (χ1n) is 9.16. The van der Waals surface area contributed by atoms with E-state index in [4.69, 9.17) is 0 Å². The zero-order valence-electron chi connectivity index (χ0n) is 15.1. The lowest BCUT2D eigenvalue weighted by molar-refractivity contribution is -0.120. The largest absolute Gasteiger partial charge is 0.354 e. The predicted molar refractivity (Wildman–Crippen MR) is 101 cm³/mol. The van der Waals surface area contributed by atoms with Crippen LogP contribution in [0.4, 0.5) is 0 Å². The van der Waals surface area contributed by atoms with Crippen LogP contribution < -0.4 is 10.9 Å². The van der Waals surface area contributed by atoms with Crippen molar-refractivity contribution in [3.63, 3.8) is 0 Å². The summed E-state index contributed by atoms with van der Waals surface area (Å²) in [4.78, 5) is 29.2. The Labute approximate surface area is 148 Å². The van der Waals surface area contributed by atoms with Gasteiger partial charge in [-0.15, -0.1) is 0 Å². The van der Waals surface area contributed by atoms with Gasteiger partial charge in [0.25, 0.3) is 5.56 Å². The Balaban J connectivity index is 1.58. The van der Waals surface area contributed by atoms with Gasteiger partial charge in [0.2, 0.25) is 5.91 Å². The molecule has 134 valence electrons. The molecule has 1 aromatic carbocycles. The second-order valence-electron chi connectivity index (χ2n) is 7.13. The lowest BCUT2D eigenvalue weighted by atomic mass is 10.1. The molecule has 3 rings (SSSR count). The summed E-state index contributed by atoms with van der Waals surface area (Å²) in [5.41, 5.74) is 2.38. The van der Waals surface area contributed by atoms with Crippen molar-refractivity contribution in [3.05, 3.63) is 45.7 Å². The number of fused-ring (bicyclic) bond motifs is 1. The van der Waals surface area contributed by atoms with E-state index in [0.717, 1.165) is 29.6 Å². The minimum atomic E-state index is -0.0651. The topological polar surface area (TPSA) is 65.2 Å². The maximum atomic E-state index is 12.3. The van der Waals surface area contributed by atoms with Crippen LogP contribution in [0.1, 0.15) is 37.3 Å². The van der Waals surface area contributed by atoms with E-state index in [0.29, 0.717) is 24.6 Å². The van der Waals surface area contributed by atoms with E-state index in [1.165, 1.54) is 19.3 Å². The van der Waals surface area contributed by atoms with Crippen LogP contribution in [0.5, 0.6) is 0 Å². The number of amides is 1. The van der Waals surface area contributed by atoms with E-state index in [2.05, 4.69) is 22.1 Å². The third kappa shape index (κ3) is 4.48. The molecule has 5 heteroatoms. The van der Waals surface area contributed by atoms with Gasteiger partial charge < -0.3 is 10.3 Å². The van der Waals surface area contributed by atoms with Gasteiger partial charge in [0.1, 0.15) is 0 Å². The van der Waals surface area contributed by atoms with Crippen LogP contribution in [0.3, 0.4) is 0 Å². The molecular weight excluding hydrogens is 314 g/mol. The summed E-state index contributed by atoms with van der Waals surface area (Å²) < 4.78 is 0. The Morgan fingerprint density at radius 2 is 2.00 bits per heavy atom. The monoisotopic (exact) mass is 341 g/mol. The molecule has 0 bridgehead atoms. The second-order valence-corrected chi connectivity index (χ2v) is 7.13. The number of nitrogens with one attached hydrogen (secondary N) is 2. The first kappa shape index (κ1) is 17.7. The van der Waals surface area contributed by atoms with Crippen molar-refractivity contribution in [3.8, 4) is 0 Å². The molecule has 1 atom stereocenters. The summed E-state index contributed by atoms with van der Waals surface area (Å²) in [6, 6.07) is 8.00. The number of benzene rings is 1. The molecule has 5 nitrogen and oxygen atoms in total. The Morgan fingerprint density at radius 3 is 2.76 bits per heavy atom. The molecule has 1 amide bonds. The Morgan fingerprint density at radius 1 is 1.24 bits per heavy atom. The molecule has 1 aromatic heterocycles. The van der Waals surface area contributed by atoms with Crippen LogP contribution in [0.25, 0.3) is 10.9 Å². The van der Waals surface area contributed by atoms with Gasteiger partial charge in [0.15, 0.2) is 0 Å². The summed E-state index contributed by atoms with van der Waals surface area (Å²) in [7, 11) is 0. The highest BCUT2D eigenvalue weighted by molar-refractivity contribution is 5.83. The van der Waals surface area contributed by atoms with Gasteiger partial charge in [-0.2, -0.15) is 0 Å². The standard InChI is InChI=1S/C20H27N3O2/c1-14-10-17-11-16(6-7-18(17)22-20(14)25)12-19(24)21-13-15(2)23-8-4-3-5-9-23/h6-7,10-11,15H,3-5,8-9,12-13H2,1-2H3,(H,21,24)(H,22,25). The molecule has 2 aromatic rings. The van der Waals surface area contributed by atoms with E-state index in [1.54, 1.807) is 6.92 Å². The van der Waals surface area contributed by atoms with Crippen LogP contribution in [0.15, 0.2) is 29.1 Å². The number of rotatable bonds is 5. The lowest BCUT2D eigenvalue weighted by Gasteiger charge is -2.32. The third-order valence-electron chi connectivity index (χ3n) is 5.07. The molecule has 25 heavy (non-hydrogen) atoms. The number of hydrogen-bond acceptors (Lipinski definition) is 3. The number of piperidine rings is 1. The predicted octanol–water partition coefficient (Wildman–Crippen LogP) is 2.37. The van der Waals surface area contributed by atoms with Crippen LogP contribution in [-0.4, -0.2) is 41.5 Å². The number of hydrogen-bond donors (Lipinski definition) is 2. The minimum absolute atomic E-state index is 0.0457. The highest BCUT2D eigenvalue weighted by atomic mass is 16.1. The summed E-state index contributed by atoms with van der Waals surface area (Å²) in [5.74, 6) is 0.0457. The van der Waals surface area contributed by atoms with E-state index < -0.39 is 0 Å². The average molecular weight is 341 g/mol. The smallest absolute Gasteiger partial charge is 0.251 e. The fourth-order valence-corrected chi connectivity index (χ4v) is 3.47. The zero-order valence-corrected chi connectivity index (χ0v) is 15.1. The number of likely N-dealkylation sites (tertiary alicyclic amines) is 1. The number of carbonyl (C=O) groups excluding carboxylic acids is 1. The Hall–Kier alpha value is -2.14. The van der Waals surface area contributed by atoms with Gasteiger partial charge in [-0.25, -0.2) is 0 Å². The van der Waals surface area contributed by atoms with Gasteiger partial charge >= 0.3 is 0 Å². The van der Waals surface area contributed by atoms with Crippen molar-refractivity contribution >= 4 is 16.8 Å². The van der Waals surface area contributed by atoms with Gasteiger partial charge in [-0.1, -0.05) is 12.5 Å². The normalized spacial score (nSPS) is 16.7. The quantitative estimate of drug-likeness (QED) is 0.877. The number of nitrogens with zero attached hydrogens (tertiary/aromatic N) is 1. The van der Waals surface area contributed by atoms with Crippen molar-refractivity contribution in [2.45, 2.75) is 45.6 Å². The molecule has 0 saturated carbocycles. The second kappa shape index (κ2) is 7.83. The fraction of sp³-hybridized carbons (Fsp3) is 0.500. The molecule has 2 N–H and O–H groups in total. The summed E-state index contributed by atoms with van der Waals surface area (Å²) >= 11 is 0. The van der Waals surface area contributed by atoms with Crippen molar-refractivity contribution < 1.29 is 4.79 Å². The SMILES string of the molecule is Cc1cc2cc(CC(=O)NCC(C)N3CCCCC3)ccc2[nH]c1=O. The molecule has 1 unspecified atom stereocenters. The maximum Gasteiger partial charge on any atom is 0.251 e. The van der Waals surface area contributed by atoms with Gasteiger partial charge in [0, 0.05) is 23.7 Å². The fourth-order valence-electron chi connectivity index (χ4n) is 3.47. The molecule has 1 fully saturated rings. The molecule has 0 radical (unpaired) electrons. The Bertz CT molecular complexity index is 806. The molecule has 0 aliphatic carbocycles. The van der Waals surface area contributed by atoms with E-state index in [-0.39, 0.29) is 11.5 Å². The highest BCUT2D eigenvalue weighted by Gasteiger charge is 2.17. The number of carbonyl (C=O) groups is 1. The van der Waals surface area contributed by atoms with Crippen LogP contribution in [0, 0.1) is 6.92 Å². The first-order valence-corrected chi connectivity index (χ1v) is 9.16. The molecule has 1 aliphatic rings. The van der Waals surface area contributed by atoms with Crippen LogP contribution in [0.2, 0.25) is 0 Å². The summed E-state index contributed by atoms with van der Waals surface area (Å²) in [5, 5.41) is 4.02. The summed E-state index contributed by atoms with van der Waals surface area (Å²) in [6.45, 7) is 6.94. The average Bonchev–Trinajstić information content (AvgIpc) is 2.61. The molecule has 1 saturated heterocycles. The van der Waals surface area contributed by atoms with E-state index in [9.17, 15) is 9.59 Å². The van der Waals surface area contributed by atoms with Crippen molar-refractivity contribution in [1.29, 1.82) is 0 Å². The number of aromatic nitrogens is 1. The van der Waals surface area contributed by atoms with Gasteiger partial charge in [-0.3, -0.25) is 14.5 Å². The van der Waals surface area contributed by atoms with Crippen LogP contribution in [-0.2, 0) is 11.2 Å². The third-order valence-corrected chi connectivity index (χ3v) is 5.07. The molecule has 0 spiro atoms. The van der Waals surface area contributed by atoms with Crippen molar-refractivity contribution in [2.24, 2.45) is 0 Å². The number of aryl methyl sites for hydroxylation is 1. The van der Waals surface area contributed by atoms with E-state index in [1.807, 2.05) is 24.3 Å². The van der Waals surface area contributed by atoms with Gasteiger partial charge in [0.05, 0.1) is 6.42 Å². The number of H-pyrrole nitrogens is 1. The van der Waals surface area contributed by atoms with Crippen molar-refractivity contribution in [1.82, 2.24) is 15.2 Å². The highest BCUT2D eigenvalue weighted by Crippen LogP contribution is 2.14. The lowest BCUT2D eigenvalue weighted by Crippen LogP contribution is -2.44. The van der Waals surface area contributed by atoms with Gasteiger partial charge in [-0.05, 0) is 68.9 Å². The molecule has 1 aliphatic heterocycles. The van der Waals surface area contributed by atoms with Crippen molar-refractivity contribution in [2.75, 3.05) is 19.6 Å². The zero-order chi connectivity index (χ0) is 17.8. The number of aromatic amines is 1. The molecular formula is C20H27N3O2. The van der Waals surface area contributed by atoms with E-state index >= 15 is 0 Å². The molecule has 2 heterocycles. The number of pyridine rings is 1. The Kier molecular flexibility index (Phi) is 5.53. The first-order chi connectivity index (χ1) is 12.0. The minimum Gasteiger partial charge on any atom is -0.354 e.